The van der Waals surface area contributed by atoms with Crippen molar-refractivity contribution < 1.29 is 5.11 Å². The van der Waals surface area contributed by atoms with Crippen LogP contribution in [0.5, 0.6) is 5.75 Å². The molecule has 0 bridgehead atoms. The highest BCUT2D eigenvalue weighted by molar-refractivity contribution is 6.31. The number of aromatic hydroxyl groups is 1. The van der Waals surface area contributed by atoms with Crippen molar-refractivity contribution in [1.82, 2.24) is 19.8 Å². The van der Waals surface area contributed by atoms with E-state index in [9.17, 15) is 9.90 Å². The first kappa shape index (κ1) is 24.5. The first-order valence-corrected chi connectivity index (χ1v) is 12.7. The van der Waals surface area contributed by atoms with Crippen molar-refractivity contribution in [1.29, 1.82) is 0 Å². The lowest BCUT2D eigenvalue weighted by Gasteiger charge is -2.24. The van der Waals surface area contributed by atoms with Crippen molar-refractivity contribution in [3.63, 3.8) is 0 Å². The van der Waals surface area contributed by atoms with E-state index in [-0.39, 0.29) is 11.3 Å². The first-order chi connectivity index (χ1) is 17.3. The number of nitrogens with zero attached hydrogens (tertiary/aromatic N) is 3. The van der Waals surface area contributed by atoms with Gasteiger partial charge < -0.3 is 15.3 Å². The Morgan fingerprint density at radius 2 is 2.03 bits per heavy atom. The van der Waals surface area contributed by atoms with Gasteiger partial charge in [-0.1, -0.05) is 23.7 Å². The maximum Gasteiger partial charge on any atom is 0.265 e. The van der Waals surface area contributed by atoms with Gasteiger partial charge in [0.25, 0.3) is 5.56 Å². The zero-order valence-corrected chi connectivity index (χ0v) is 21.6. The van der Waals surface area contributed by atoms with Gasteiger partial charge in [-0.2, -0.15) is 0 Å². The number of aryl methyl sites for hydroxylation is 2. The molecule has 36 heavy (non-hydrogen) atoms. The number of pyridine rings is 2. The summed E-state index contributed by atoms with van der Waals surface area (Å²) in [5.41, 5.74) is 5.73. The third-order valence-corrected chi connectivity index (χ3v) is 7.11. The summed E-state index contributed by atoms with van der Waals surface area (Å²) in [5, 5.41) is 14.9. The number of phenolic OH excluding ortho intramolecular Hbond substituents is 1. The minimum atomic E-state index is -0.147. The fourth-order valence-corrected chi connectivity index (χ4v) is 5.62. The van der Waals surface area contributed by atoms with Crippen LogP contribution in [0.4, 0.5) is 0 Å². The molecule has 5 rings (SSSR count). The van der Waals surface area contributed by atoms with Crippen molar-refractivity contribution >= 4 is 22.5 Å². The average Bonchev–Trinajstić information content (AvgIpc) is 3.31. The summed E-state index contributed by atoms with van der Waals surface area (Å²) < 4.78 is 1.65. The Morgan fingerprint density at radius 1 is 1.19 bits per heavy atom. The fourth-order valence-electron chi connectivity index (χ4n) is 5.33. The summed E-state index contributed by atoms with van der Waals surface area (Å²) in [7, 11) is 2.10. The van der Waals surface area contributed by atoms with Gasteiger partial charge in [0.15, 0.2) is 0 Å². The highest BCUT2D eigenvalue weighted by atomic mass is 35.5. The number of aromatic nitrogens is 2. The van der Waals surface area contributed by atoms with Crippen LogP contribution in [-0.4, -0.2) is 45.7 Å². The predicted molar refractivity (Wildman–Crippen MR) is 146 cm³/mol. The highest BCUT2D eigenvalue weighted by Gasteiger charge is 2.21. The smallest absolute Gasteiger partial charge is 0.265 e. The maximum absolute atomic E-state index is 14.1. The Morgan fingerprint density at radius 3 is 2.75 bits per heavy atom. The van der Waals surface area contributed by atoms with Gasteiger partial charge in [0.1, 0.15) is 5.75 Å². The van der Waals surface area contributed by atoms with Crippen LogP contribution in [0, 0.1) is 13.8 Å². The van der Waals surface area contributed by atoms with Gasteiger partial charge in [0, 0.05) is 47.7 Å². The normalized spacial score (nSPS) is 15.8. The number of hydrogen-bond acceptors (Lipinski definition) is 5. The quantitative estimate of drug-likeness (QED) is 0.378. The Bertz CT molecular complexity index is 1470. The number of hydrogen-bond donors (Lipinski definition) is 2. The molecule has 0 amide bonds. The Balaban J connectivity index is 1.73. The molecule has 4 aromatic rings. The van der Waals surface area contributed by atoms with E-state index in [2.05, 4.69) is 23.3 Å². The zero-order valence-electron chi connectivity index (χ0n) is 20.9. The molecule has 2 aromatic heterocycles. The molecule has 3 heterocycles. The second-order valence-corrected chi connectivity index (χ2v) is 10.3. The second-order valence-electron chi connectivity index (χ2n) is 9.86. The Labute approximate surface area is 216 Å². The molecule has 1 fully saturated rings. The summed E-state index contributed by atoms with van der Waals surface area (Å²) in [6.07, 6.45) is 4.21. The standard InChI is InChI=1S/C29H31ClN4O2/c1-18-10-20(13-21(30)11-18)25-15-32-27-12-19(2)34(23-7-4-8-24(35)14-23)29(36)28(27)26(25)17-33(3)16-22-6-5-9-31-22/h4,7-8,10-15,22,31,35H,5-6,9,16-17H2,1-3H3/t22-/m0/s1. The van der Waals surface area contributed by atoms with Crippen LogP contribution >= 0.6 is 11.6 Å². The van der Waals surface area contributed by atoms with Crippen LogP contribution in [0.1, 0.15) is 29.7 Å². The Hall–Kier alpha value is -3.19. The van der Waals surface area contributed by atoms with Gasteiger partial charge in [0.05, 0.1) is 16.6 Å². The van der Waals surface area contributed by atoms with E-state index in [1.807, 2.05) is 44.3 Å². The molecule has 1 aliphatic heterocycles. The van der Waals surface area contributed by atoms with Crippen LogP contribution in [-0.2, 0) is 6.54 Å². The zero-order chi connectivity index (χ0) is 25.4. The molecular weight excluding hydrogens is 472 g/mol. The van der Waals surface area contributed by atoms with Gasteiger partial charge in [-0.3, -0.25) is 14.3 Å². The highest BCUT2D eigenvalue weighted by Crippen LogP contribution is 2.32. The minimum absolute atomic E-state index is 0.115. The molecule has 7 heteroatoms. The van der Waals surface area contributed by atoms with Gasteiger partial charge >= 0.3 is 0 Å². The summed E-state index contributed by atoms with van der Waals surface area (Å²) >= 11 is 6.43. The van der Waals surface area contributed by atoms with Crippen LogP contribution in [0.3, 0.4) is 0 Å². The average molecular weight is 503 g/mol. The monoisotopic (exact) mass is 502 g/mol. The summed E-state index contributed by atoms with van der Waals surface area (Å²) in [6, 6.07) is 15.1. The third-order valence-electron chi connectivity index (χ3n) is 6.89. The van der Waals surface area contributed by atoms with Gasteiger partial charge in [-0.15, -0.1) is 0 Å². The molecule has 6 nitrogen and oxygen atoms in total. The molecule has 186 valence electrons. The molecule has 0 unspecified atom stereocenters. The van der Waals surface area contributed by atoms with Crippen LogP contribution in [0.25, 0.3) is 27.7 Å². The van der Waals surface area contributed by atoms with Crippen molar-refractivity contribution in [2.24, 2.45) is 0 Å². The number of likely N-dealkylation sites (N-methyl/N-ethyl adjacent to an activating group) is 1. The lowest BCUT2D eigenvalue weighted by molar-refractivity contribution is 0.294. The molecule has 1 atom stereocenters. The van der Waals surface area contributed by atoms with Gasteiger partial charge in [-0.25, -0.2) is 0 Å². The molecule has 0 saturated carbocycles. The lowest BCUT2D eigenvalue weighted by atomic mass is 9.96. The molecule has 1 saturated heterocycles. The van der Waals surface area contributed by atoms with E-state index in [0.717, 1.165) is 47.5 Å². The number of benzene rings is 2. The minimum Gasteiger partial charge on any atom is -0.508 e. The molecule has 0 spiro atoms. The lowest BCUT2D eigenvalue weighted by Crippen LogP contribution is -2.35. The maximum atomic E-state index is 14.1. The molecule has 0 aliphatic carbocycles. The van der Waals surface area contributed by atoms with Gasteiger partial charge in [0.2, 0.25) is 0 Å². The van der Waals surface area contributed by atoms with E-state index in [1.54, 1.807) is 22.8 Å². The second kappa shape index (κ2) is 10.1. The summed E-state index contributed by atoms with van der Waals surface area (Å²) in [5.74, 6) is 0.115. The predicted octanol–water partition coefficient (Wildman–Crippen LogP) is 5.21. The molecule has 1 aliphatic rings. The molecular formula is C29H31ClN4O2. The summed E-state index contributed by atoms with van der Waals surface area (Å²) in [4.78, 5) is 21.1. The van der Waals surface area contributed by atoms with Gasteiger partial charge in [-0.05, 0) is 87.3 Å². The first-order valence-electron chi connectivity index (χ1n) is 12.3. The van der Waals surface area contributed by atoms with Crippen LogP contribution in [0.15, 0.2) is 59.5 Å². The third kappa shape index (κ3) is 4.89. The number of rotatable bonds is 6. The van der Waals surface area contributed by atoms with Crippen LogP contribution in [0.2, 0.25) is 5.02 Å². The van der Waals surface area contributed by atoms with Crippen molar-refractivity contribution in [2.75, 3.05) is 20.1 Å². The van der Waals surface area contributed by atoms with Crippen molar-refractivity contribution in [2.45, 2.75) is 39.3 Å². The number of halogens is 1. The SMILES string of the molecule is Cc1cc(Cl)cc(-c2cnc3cc(C)n(-c4cccc(O)c4)c(=O)c3c2CN(C)C[C@@H]2CCCN2)c1. The van der Waals surface area contributed by atoms with Crippen LogP contribution < -0.4 is 10.9 Å². The number of fused-ring (bicyclic) bond motifs is 1. The van der Waals surface area contributed by atoms with Crippen molar-refractivity contribution in [3.05, 3.63) is 86.9 Å². The van der Waals surface area contributed by atoms with E-state index < -0.39 is 0 Å². The topological polar surface area (TPSA) is 70.4 Å². The molecule has 2 aromatic carbocycles. The fraction of sp³-hybridized carbons (Fsp3) is 0.310. The number of phenols is 1. The van der Waals surface area contributed by atoms with E-state index in [0.29, 0.717) is 34.2 Å². The molecule has 0 radical (unpaired) electrons. The van der Waals surface area contributed by atoms with E-state index >= 15 is 0 Å². The number of nitrogens with one attached hydrogen (secondary N) is 1. The van der Waals surface area contributed by atoms with E-state index in [1.165, 1.54) is 6.42 Å². The Kier molecular flexibility index (Phi) is 6.84. The summed E-state index contributed by atoms with van der Waals surface area (Å²) in [6.45, 7) is 6.44. The molecule has 2 N–H and O–H groups in total. The van der Waals surface area contributed by atoms with Crippen molar-refractivity contribution in [3.8, 4) is 22.6 Å². The van der Waals surface area contributed by atoms with E-state index in [4.69, 9.17) is 16.6 Å². The largest absolute Gasteiger partial charge is 0.508 e.